The van der Waals surface area contributed by atoms with Gasteiger partial charge in [-0.3, -0.25) is 4.79 Å². The number of nitrogens with zero attached hydrogens (tertiary/aromatic N) is 2. The second-order valence-corrected chi connectivity index (χ2v) is 3.86. The van der Waals surface area contributed by atoms with Gasteiger partial charge in [-0.15, -0.1) is 0 Å². The molecule has 0 saturated carbocycles. The summed E-state index contributed by atoms with van der Waals surface area (Å²) < 4.78 is 7.41. The third kappa shape index (κ3) is 3.58. The highest BCUT2D eigenvalue weighted by molar-refractivity contribution is 6.99. The minimum absolute atomic E-state index is 0.160. The maximum atomic E-state index is 11.5. The number of carbonyl (C=O) groups is 2. The van der Waals surface area contributed by atoms with Gasteiger partial charge in [0.05, 0.1) is 17.9 Å². The van der Waals surface area contributed by atoms with Crippen LogP contribution in [-0.2, 0) is 4.79 Å². The van der Waals surface area contributed by atoms with Gasteiger partial charge in [0.15, 0.2) is 5.69 Å². The average Bonchev–Trinajstić information content (AvgIpc) is 2.76. The van der Waals surface area contributed by atoms with E-state index in [9.17, 15) is 9.59 Å². The Balaban J connectivity index is 2.54. The van der Waals surface area contributed by atoms with Crippen LogP contribution in [-0.4, -0.2) is 31.8 Å². The lowest BCUT2D eigenvalue weighted by molar-refractivity contribution is -0.139. The van der Waals surface area contributed by atoms with E-state index >= 15 is 0 Å². The maximum absolute atomic E-state index is 11.5. The van der Waals surface area contributed by atoms with Crippen molar-refractivity contribution in [2.75, 3.05) is 0 Å². The Morgan fingerprint density at radius 2 is 2.38 bits per heavy atom. The number of aromatic nitrogens is 2. The van der Waals surface area contributed by atoms with Crippen LogP contribution in [0, 0.1) is 0 Å². The number of unbranched alkanes of at least 4 members (excludes halogenated alkanes) is 1. The van der Waals surface area contributed by atoms with E-state index in [1.54, 1.807) is 0 Å². The molecule has 1 heterocycles. The predicted octanol–water partition coefficient (Wildman–Crippen LogP) is 0.911. The highest BCUT2D eigenvalue weighted by atomic mass is 32.1. The van der Waals surface area contributed by atoms with Crippen LogP contribution in [0.2, 0.25) is 0 Å². The molecule has 1 aromatic rings. The average molecular weight is 243 g/mol. The number of amides is 1. The number of aliphatic carboxylic acids is 1. The van der Waals surface area contributed by atoms with Crippen LogP contribution in [0.1, 0.15) is 36.7 Å². The zero-order valence-corrected chi connectivity index (χ0v) is 9.66. The standard InChI is InChI=1S/C9H13N3O3S/c1-2-3-4-6(9(14)15)11-8(13)7-5-10-16-12-7/h5-6H,2-4H2,1H3,(H,11,13)(H,14,15)/t6-/m0/s1. The van der Waals surface area contributed by atoms with E-state index in [0.29, 0.717) is 6.42 Å². The lowest BCUT2D eigenvalue weighted by atomic mass is 10.1. The summed E-state index contributed by atoms with van der Waals surface area (Å²) in [6.07, 6.45) is 3.39. The lowest BCUT2D eigenvalue weighted by Gasteiger charge is -2.12. The van der Waals surface area contributed by atoms with Crippen molar-refractivity contribution in [3.05, 3.63) is 11.9 Å². The van der Waals surface area contributed by atoms with E-state index in [4.69, 9.17) is 5.11 Å². The molecule has 0 fully saturated rings. The monoisotopic (exact) mass is 243 g/mol. The summed E-state index contributed by atoms with van der Waals surface area (Å²) in [4.78, 5) is 22.4. The van der Waals surface area contributed by atoms with Crippen molar-refractivity contribution in [3.63, 3.8) is 0 Å². The van der Waals surface area contributed by atoms with Gasteiger partial charge in [0.25, 0.3) is 5.91 Å². The van der Waals surface area contributed by atoms with Crippen LogP contribution in [0.15, 0.2) is 6.20 Å². The number of carbonyl (C=O) groups excluding carboxylic acids is 1. The smallest absolute Gasteiger partial charge is 0.326 e. The fourth-order valence-electron chi connectivity index (χ4n) is 1.16. The molecule has 0 aliphatic carbocycles. The van der Waals surface area contributed by atoms with Crippen LogP contribution in [0.25, 0.3) is 0 Å². The van der Waals surface area contributed by atoms with Crippen molar-refractivity contribution >= 4 is 23.6 Å². The molecule has 1 amide bonds. The summed E-state index contributed by atoms with van der Waals surface area (Å²) in [6.45, 7) is 1.96. The molecule has 0 aliphatic rings. The molecule has 0 saturated heterocycles. The van der Waals surface area contributed by atoms with Gasteiger partial charge in [0, 0.05) is 0 Å². The zero-order valence-electron chi connectivity index (χ0n) is 8.84. The van der Waals surface area contributed by atoms with Crippen LogP contribution < -0.4 is 5.32 Å². The summed E-state index contributed by atoms with van der Waals surface area (Å²) in [7, 11) is 0. The first-order valence-electron chi connectivity index (χ1n) is 4.96. The molecule has 16 heavy (non-hydrogen) atoms. The third-order valence-corrected chi connectivity index (χ3v) is 2.52. The topological polar surface area (TPSA) is 92.2 Å². The number of nitrogens with one attached hydrogen (secondary N) is 1. The molecule has 88 valence electrons. The van der Waals surface area contributed by atoms with Crippen molar-refractivity contribution in [1.29, 1.82) is 0 Å². The normalized spacial score (nSPS) is 12.1. The van der Waals surface area contributed by atoms with Crippen LogP contribution in [0.3, 0.4) is 0 Å². The van der Waals surface area contributed by atoms with Crippen molar-refractivity contribution in [1.82, 2.24) is 14.1 Å². The van der Waals surface area contributed by atoms with E-state index in [1.165, 1.54) is 6.20 Å². The van der Waals surface area contributed by atoms with Crippen molar-refractivity contribution < 1.29 is 14.7 Å². The molecule has 0 radical (unpaired) electrons. The predicted molar refractivity (Wildman–Crippen MR) is 58.3 cm³/mol. The number of rotatable bonds is 6. The fraction of sp³-hybridized carbons (Fsp3) is 0.556. The Bertz CT molecular complexity index is 353. The molecule has 2 N–H and O–H groups in total. The Hall–Kier alpha value is -1.50. The molecule has 7 heteroatoms. The summed E-state index contributed by atoms with van der Waals surface area (Å²) >= 11 is 0.913. The van der Waals surface area contributed by atoms with Gasteiger partial charge in [-0.05, 0) is 6.42 Å². The summed E-state index contributed by atoms with van der Waals surface area (Å²) in [6, 6.07) is -0.853. The van der Waals surface area contributed by atoms with Crippen molar-refractivity contribution in [3.8, 4) is 0 Å². The third-order valence-electron chi connectivity index (χ3n) is 2.04. The van der Waals surface area contributed by atoms with Gasteiger partial charge < -0.3 is 10.4 Å². The van der Waals surface area contributed by atoms with Crippen LogP contribution in [0.4, 0.5) is 0 Å². The van der Waals surface area contributed by atoms with E-state index in [2.05, 4.69) is 14.1 Å². The van der Waals surface area contributed by atoms with Crippen LogP contribution >= 0.6 is 11.7 Å². The molecule has 0 aromatic carbocycles. The SMILES string of the molecule is CCCC[C@H](NC(=O)c1cnsn1)C(=O)O. The fourth-order valence-corrected chi connectivity index (χ4v) is 1.57. The van der Waals surface area contributed by atoms with Gasteiger partial charge >= 0.3 is 5.97 Å². The van der Waals surface area contributed by atoms with E-state index in [-0.39, 0.29) is 5.69 Å². The Morgan fingerprint density at radius 3 is 2.88 bits per heavy atom. The van der Waals surface area contributed by atoms with Gasteiger partial charge in [-0.2, -0.15) is 8.75 Å². The molecule has 0 bridgehead atoms. The second kappa shape index (κ2) is 6.16. The molecule has 1 rings (SSSR count). The Kier molecular flexibility index (Phi) is 4.84. The first kappa shape index (κ1) is 12.6. The number of carboxylic acids is 1. The van der Waals surface area contributed by atoms with Crippen molar-refractivity contribution in [2.45, 2.75) is 32.2 Å². The molecule has 1 aromatic heterocycles. The Labute approximate surface area is 97.0 Å². The number of hydrogen-bond acceptors (Lipinski definition) is 5. The summed E-state index contributed by atoms with van der Waals surface area (Å²) in [5, 5.41) is 11.3. The van der Waals surface area contributed by atoms with E-state index in [0.717, 1.165) is 24.6 Å². The van der Waals surface area contributed by atoms with Crippen LogP contribution in [0.5, 0.6) is 0 Å². The quantitative estimate of drug-likeness (QED) is 0.774. The van der Waals surface area contributed by atoms with Crippen molar-refractivity contribution in [2.24, 2.45) is 0 Å². The minimum Gasteiger partial charge on any atom is -0.480 e. The first-order valence-corrected chi connectivity index (χ1v) is 5.69. The largest absolute Gasteiger partial charge is 0.480 e. The number of hydrogen-bond donors (Lipinski definition) is 2. The molecule has 0 spiro atoms. The molecule has 0 aliphatic heterocycles. The van der Waals surface area contributed by atoms with Gasteiger partial charge in [-0.25, -0.2) is 4.79 Å². The molecule has 1 atom stereocenters. The number of carboxylic acid groups (broad SMARTS) is 1. The van der Waals surface area contributed by atoms with E-state index < -0.39 is 17.9 Å². The molecular weight excluding hydrogens is 230 g/mol. The van der Waals surface area contributed by atoms with Gasteiger partial charge in [0.1, 0.15) is 6.04 Å². The van der Waals surface area contributed by atoms with Gasteiger partial charge in [-0.1, -0.05) is 19.8 Å². The highest BCUT2D eigenvalue weighted by Gasteiger charge is 2.20. The first-order chi connectivity index (χ1) is 7.65. The van der Waals surface area contributed by atoms with E-state index in [1.807, 2.05) is 6.92 Å². The maximum Gasteiger partial charge on any atom is 0.326 e. The molecular formula is C9H13N3O3S. The second-order valence-electron chi connectivity index (χ2n) is 3.30. The molecule has 0 unspecified atom stereocenters. The minimum atomic E-state index is -1.02. The summed E-state index contributed by atoms with van der Waals surface area (Å²) in [5.41, 5.74) is 0.160. The van der Waals surface area contributed by atoms with Gasteiger partial charge in [0.2, 0.25) is 0 Å². The summed E-state index contributed by atoms with van der Waals surface area (Å²) in [5.74, 6) is -1.51. The molecule has 6 nitrogen and oxygen atoms in total. The lowest BCUT2D eigenvalue weighted by Crippen LogP contribution is -2.40. The highest BCUT2D eigenvalue weighted by Crippen LogP contribution is 2.03. The zero-order chi connectivity index (χ0) is 12.0. The Morgan fingerprint density at radius 1 is 1.62 bits per heavy atom.